The average Bonchev–Trinajstić information content (AvgIpc) is 3.27. The van der Waals surface area contributed by atoms with Gasteiger partial charge >= 0.3 is 0 Å². The van der Waals surface area contributed by atoms with Crippen LogP contribution < -0.4 is 4.90 Å². The van der Waals surface area contributed by atoms with Crippen LogP contribution in [0.5, 0.6) is 0 Å². The fourth-order valence-electron chi connectivity index (χ4n) is 7.70. The van der Waals surface area contributed by atoms with Crippen LogP contribution in [0.25, 0.3) is 77.6 Å². The van der Waals surface area contributed by atoms with Gasteiger partial charge < -0.3 is 4.90 Å². The Morgan fingerprint density at radius 1 is 0.345 bits per heavy atom. The van der Waals surface area contributed by atoms with E-state index < -0.39 is 0 Å². The number of para-hydroxylation sites is 2. The molecule has 0 amide bonds. The third-order valence-electron chi connectivity index (χ3n) is 10.2. The summed E-state index contributed by atoms with van der Waals surface area (Å²) in [6.45, 7) is 0. The van der Waals surface area contributed by atoms with Crippen molar-refractivity contribution in [2.75, 3.05) is 4.90 Å². The van der Waals surface area contributed by atoms with Crippen molar-refractivity contribution in [2.45, 2.75) is 0 Å². The average molecular weight is 703 g/mol. The number of nitrogens with zero attached hydrogens (tertiary/aromatic N) is 4. The molecule has 8 aromatic carbocycles. The van der Waals surface area contributed by atoms with Crippen molar-refractivity contribution in [3.05, 3.63) is 206 Å². The molecule has 2 aromatic heterocycles. The minimum Gasteiger partial charge on any atom is -0.310 e. The van der Waals surface area contributed by atoms with E-state index in [0.29, 0.717) is 5.82 Å². The van der Waals surface area contributed by atoms with Crippen LogP contribution in [0, 0.1) is 0 Å². The van der Waals surface area contributed by atoms with E-state index in [4.69, 9.17) is 15.0 Å². The molecule has 4 heteroatoms. The zero-order valence-corrected chi connectivity index (χ0v) is 29.9. The summed E-state index contributed by atoms with van der Waals surface area (Å²) in [5.74, 6) is 0.665. The van der Waals surface area contributed by atoms with Crippen molar-refractivity contribution in [1.82, 2.24) is 15.0 Å². The molecular formula is C51H34N4. The van der Waals surface area contributed by atoms with Crippen LogP contribution in [0.1, 0.15) is 0 Å². The molecule has 258 valence electrons. The molecule has 0 aliphatic heterocycles. The normalized spacial score (nSPS) is 11.3. The Bertz CT molecular complexity index is 2870. The van der Waals surface area contributed by atoms with E-state index in [0.717, 1.165) is 83.5 Å². The molecule has 0 saturated carbocycles. The van der Waals surface area contributed by atoms with Gasteiger partial charge in [-0.3, -0.25) is 0 Å². The van der Waals surface area contributed by atoms with Crippen molar-refractivity contribution in [3.8, 4) is 45.2 Å². The zero-order chi connectivity index (χ0) is 36.6. The first-order valence-corrected chi connectivity index (χ1v) is 18.5. The van der Waals surface area contributed by atoms with Crippen LogP contribution in [0.3, 0.4) is 0 Å². The first-order chi connectivity index (χ1) is 27.3. The van der Waals surface area contributed by atoms with Crippen LogP contribution in [-0.4, -0.2) is 15.0 Å². The number of anilines is 3. The Labute approximate surface area is 319 Å². The Morgan fingerprint density at radius 2 is 0.891 bits per heavy atom. The van der Waals surface area contributed by atoms with Gasteiger partial charge in [-0.1, -0.05) is 158 Å². The summed E-state index contributed by atoms with van der Waals surface area (Å²) in [4.78, 5) is 18.3. The second-order valence-corrected chi connectivity index (χ2v) is 13.6. The SMILES string of the molecule is c1ccc(-c2cc(-c3ccccc3)nc(-c3cccc4nc(-c5cccc(N(c6ccccc6)c6ccccc6)c5)c5ccc6ccccc6c5c34)n2)cc1. The number of hydrogen-bond donors (Lipinski definition) is 0. The molecule has 55 heavy (non-hydrogen) atoms. The molecule has 0 aliphatic rings. The van der Waals surface area contributed by atoms with Crippen molar-refractivity contribution in [3.63, 3.8) is 0 Å². The molecule has 0 fully saturated rings. The molecule has 2 heterocycles. The quantitative estimate of drug-likeness (QED) is 0.155. The molecule has 0 N–H and O–H groups in total. The fourth-order valence-corrected chi connectivity index (χ4v) is 7.70. The summed E-state index contributed by atoms with van der Waals surface area (Å²) < 4.78 is 0. The van der Waals surface area contributed by atoms with E-state index in [9.17, 15) is 0 Å². The van der Waals surface area contributed by atoms with E-state index in [1.807, 2.05) is 12.1 Å². The highest BCUT2D eigenvalue weighted by molar-refractivity contribution is 6.25. The Morgan fingerprint density at radius 3 is 1.55 bits per heavy atom. The van der Waals surface area contributed by atoms with Crippen molar-refractivity contribution < 1.29 is 0 Å². The summed E-state index contributed by atoms with van der Waals surface area (Å²) in [5.41, 5.74) is 10.9. The number of pyridine rings is 1. The Balaban J connectivity index is 1.23. The summed E-state index contributed by atoms with van der Waals surface area (Å²) in [6.07, 6.45) is 0. The van der Waals surface area contributed by atoms with Gasteiger partial charge in [0.25, 0.3) is 0 Å². The van der Waals surface area contributed by atoms with Gasteiger partial charge in [-0.2, -0.15) is 0 Å². The Hall–Kier alpha value is -7.43. The van der Waals surface area contributed by atoms with Crippen molar-refractivity contribution >= 4 is 49.5 Å². The number of rotatable bonds is 7. The van der Waals surface area contributed by atoms with Gasteiger partial charge in [0.1, 0.15) is 0 Å². The molecule has 10 rings (SSSR count). The lowest BCUT2D eigenvalue weighted by Crippen LogP contribution is -2.09. The summed E-state index contributed by atoms with van der Waals surface area (Å²) in [6, 6.07) is 71.9. The third-order valence-corrected chi connectivity index (χ3v) is 10.2. The van der Waals surface area contributed by atoms with Gasteiger partial charge in [0.2, 0.25) is 0 Å². The minimum atomic E-state index is 0.665. The zero-order valence-electron chi connectivity index (χ0n) is 29.9. The number of benzene rings is 8. The molecule has 0 radical (unpaired) electrons. The molecule has 0 saturated heterocycles. The van der Waals surface area contributed by atoms with E-state index in [2.05, 4.69) is 199 Å². The molecule has 4 nitrogen and oxygen atoms in total. The van der Waals surface area contributed by atoms with Crippen molar-refractivity contribution in [1.29, 1.82) is 0 Å². The van der Waals surface area contributed by atoms with Gasteiger partial charge in [0.05, 0.1) is 22.6 Å². The van der Waals surface area contributed by atoms with Crippen LogP contribution >= 0.6 is 0 Å². The highest BCUT2D eigenvalue weighted by atomic mass is 15.1. The van der Waals surface area contributed by atoms with E-state index in [-0.39, 0.29) is 0 Å². The molecule has 0 spiro atoms. The van der Waals surface area contributed by atoms with E-state index in [1.165, 1.54) is 5.39 Å². The molecule has 10 aromatic rings. The van der Waals surface area contributed by atoms with Crippen LogP contribution in [0.2, 0.25) is 0 Å². The van der Waals surface area contributed by atoms with Gasteiger partial charge in [-0.05, 0) is 59.3 Å². The lowest BCUT2D eigenvalue weighted by molar-refractivity contribution is 1.19. The second-order valence-electron chi connectivity index (χ2n) is 13.6. The highest BCUT2D eigenvalue weighted by Gasteiger charge is 2.20. The maximum Gasteiger partial charge on any atom is 0.161 e. The number of aromatic nitrogens is 3. The van der Waals surface area contributed by atoms with Gasteiger partial charge in [0, 0.05) is 55.5 Å². The third kappa shape index (κ3) is 5.96. The van der Waals surface area contributed by atoms with Gasteiger partial charge in [-0.25, -0.2) is 15.0 Å². The second kappa shape index (κ2) is 13.8. The summed E-state index contributed by atoms with van der Waals surface area (Å²) in [5, 5.41) is 5.57. The summed E-state index contributed by atoms with van der Waals surface area (Å²) in [7, 11) is 0. The van der Waals surface area contributed by atoms with Gasteiger partial charge in [-0.15, -0.1) is 0 Å². The predicted molar refractivity (Wildman–Crippen MR) is 229 cm³/mol. The number of hydrogen-bond acceptors (Lipinski definition) is 4. The van der Waals surface area contributed by atoms with Gasteiger partial charge in [0.15, 0.2) is 5.82 Å². The standard InChI is InChI=1S/C51H34N4/c1-5-18-36(19-6-1)46-34-47(37-20-7-2-8-21-37)54-51(53-46)44-29-16-30-45-49(44)48-42-28-14-13-17-35(42)31-32-43(48)50(52-45)38-22-15-27-41(33-38)55(39-23-9-3-10-24-39)40-25-11-4-12-26-40/h1-34H. The number of fused-ring (bicyclic) bond motifs is 5. The van der Waals surface area contributed by atoms with Crippen LogP contribution in [0.15, 0.2) is 206 Å². The topological polar surface area (TPSA) is 41.9 Å². The maximum absolute atomic E-state index is 5.50. The first kappa shape index (κ1) is 32.2. The minimum absolute atomic E-state index is 0.665. The lowest BCUT2D eigenvalue weighted by atomic mass is 9.92. The monoisotopic (exact) mass is 702 g/mol. The molecule has 0 atom stereocenters. The van der Waals surface area contributed by atoms with E-state index >= 15 is 0 Å². The van der Waals surface area contributed by atoms with Crippen LogP contribution in [0.4, 0.5) is 17.1 Å². The molecule has 0 unspecified atom stereocenters. The fraction of sp³-hybridized carbons (Fsp3) is 0. The first-order valence-electron chi connectivity index (χ1n) is 18.5. The predicted octanol–water partition coefficient (Wildman–Crippen LogP) is 13.5. The largest absolute Gasteiger partial charge is 0.310 e. The molecular weight excluding hydrogens is 669 g/mol. The Kier molecular flexibility index (Phi) is 8.12. The molecule has 0 aliphatic carbocycles. The highest BCUT2D eigenvalue weighted by Crippen LogP contribution is 2.43. The maximum atomic E-state index is 5.50. The van der Waals surface area contributed by atoms with Crippen LogP contribution in [-0.2, 0) is 0 Å². The van der Waals surface area contributed by atoms with Crippen molar-refractivity contribution in [2.24, 2.45) is 0 Å². The molecule has 0 bridgehead atoms. The van der Waals surface area contributed by atoms with E-state index in [1.54, 1.807) is 0 Å². The summed E-state index contributed by atoms with van der Waals surface area (Å²) >= 11 is 0. The smallest absolute Gasteiger partial charge is 0.161 e. The lowest BCUT2D eigenvalue weighted by Gasteiger charge is -2.26.